The van der Waals surface area contributed by atoms with Crippen molar-refractivity contribution in [3.05, 3.63) is 24.3 Å². The SMILES string of the molecule is CCOC(=O)C(C)(O)C(C)Oc1ccccc1N. The van der Waals surface area contributed by atoms with Crippen molar-refractivity contribution in [1.82, 2.24) is 0 Å². The lowest BCUT2D eigenvalue weighted by molar-refractivity contribution is -0.171. The smallest absolute Gasteiger partial charge is 0.341 e. The molecule has 0 aliphatic carbocycles. The maximum Gasteiger partial charge on any atom is 0.341 e. The first-order chi connectivity index (χ1) is 8.39. The van der Waals surface area contributed by atoms with Gasteiger partial charge in [-0.3, -0.25) is 0 Å². The van der Waals surface area contributed by atoms with Gasteiger partial charge in [-0.05, 0) is 32.9 Å². The highest BCUT2D eigenvalue weighted by molar-refractivity contribution is 5.79. The minimum absolute atomic E-state index is 0.204. The molecule has 5 heteroatoms. The van der Waals surface area contributed by atoms with Crippen LogP contribution in [0.5, 0.6) is 5.75 Å². The van der Waals surface area contributed by atoms with Gasteiger partial charge >= 0.3 is 5.97 Å². The molecule has 0 aromatic heterocycles. The highest BCUT2D eigenvalue weighted by atomic mass is 16.6. The molecule has 1 aromatic rings. The van der Waals surface area contributed by atoms with E-state index in [1.165, 1.54) is 6.92 Å². The summed E-state index contributed by atoms with van der Waals surface area (Å²) in [5.74, 6) is -0.290. The van der Waals surface area contributed by atoms with Gasteiger partial charge < -0.3 is 20.3 Å². The molecule has 3 N–H and O–H groups in total. The van der Waals surface area contributed by atoms with Crippen molar-refractivity contribution in [3.63, 3.8) is 0 Å². The summed E-state index contributed by atoms with van der Waals surface area (Å²) in [5.41, 5.74) is 4.45. The Kier molecular flexibility index (Phi) is 4.55. The molecule has 0 fully saturated rings. The van der Waals surface area contributed by atoms with Crippen LogP contribution in [-0.2, 0) is 9.53 Å². The van der Waals surface area contributed by atoms with Crippen LogP contribution < -0.4 is 10.5 Å². The number of esters is 1. The Labute approximate surface area is 107 Å². The zero-order valence-corrected chi connectivity index (χ0v) is 10.8. The van der Waals surface area contributed by atoms with E-state index in [9.17, 15) is 9.90 Å². The van der Waals surface area contributed by atoms with E-state index in [4.69, 9.17) is 15.2 Å². The van der Waals surface area contributed by atoms with Crippen LogP contribution in [0.1, 0.15) is 20.8 Å². The second-order valence-electron chi connectivity index (χ2n) is 4.17. The fourth-order valence-electron chi connectivity index (χ4n) is 1.34. The number of ether oxygens (including phenoxy) is 2. The molecular weight excluding hydrogens is 234 g/mol. The molecule has 0 aliphatic rings. The highest BCUT2D eigenvalue weighted by Crippen LogP contribution is 2.25. The number of carbonyl (C=O) groups is 1. The second kappa shape index (κ2) is 5.73. The standard InChI is InChI=1S/C13H19NO4/c1-4-17-12(15)13(3,16)9(2)18-11-8-6-5-7-10(11)14/h5-9,16H,4,14H2,1-3H3. The summed E-state index contributed by atoms with van der Waals surface area (Å²) in [7, 11) is 0. The number of aliphatic hydroxyl groups is 1. The monoisotopic (exact) mass is 253 g/mol. The van der Waals surface area contributed by atoms with Crippen LogP contribution in [0.25, 0.3) is 0 Å². The van der Waals surface area contributed by atoms with Crippen molar-refractivity contribution < 1.29 is 19.4 Å². The maximum atomic E-state index is 11.6. The number of anilines is 1. The van der Waals surface area contributed by atoms with Crippen molar-refractivity contribution in [1.29, 1.82) is 0 Å². The van der Waals surface area contributed by atoms with Gasteiger partial charge in [0.1, 0.15) is 11.9 Å². The molecule has 1 rings (SSSR count). The number of benzene rings is 1. The van der Waals surface area contributed by atoms with E-state index < -0.39 is 17.7 Å². The summed E-state index contributed by atoms with van der Waals surface area (Å²) < 4.78 is 10.3. The summed E-state index contributed by atoms with van der Waals surface area (Å²) in [6.45, 7) is 4.82. The van der Waals surface area contributed by atoms with E-state index >= 15 is 0 Å². The molecule has 2 atom stereocenters. The van der Waals surface area contributed by atoms with Gasteiger partial charge in [-0.2, -0.15) is 0 Å². The topological polar surface area (TPSA) is 81.8 Å². The number of rotatable bonds is 5. The number of hydrogen-bond acceptors (Lipinski definition) is 5. The lowest BCUT2D eigenvalue weighted by Crippen LogP contribution is -2.49. The summed E-state index contributed by atoms with van der Waals surface area (Å²) in [6.07, 6.45) is -0.777. The van der Waals surface area contributed by atoms with Gasteiger partial charge in [0.2, 0.25) is 0 Å². The van der Waals surface area contributed by atoms with Crippen molar-refractivity contribution >= 4 is 11.7 Å². The van der Waals surface area contributed by atoms with Crippen molar-refractivity contribution in [2.45, 2.75) is 32.5 Å². The molecule has 1 aromatic carbocycles. The van der Waals surface area contributed by atoms with Crippen molar-refractivity contribution in [2.75, 3.05) is 12.3 Å². The number of para-hydroxylation sites is 2. The number of nitrogen functional groups attached to an aromatic ring is 1. The van der Waals surface area contributed by atoms with Crippen molar-refractivity contribution in [2.24, 2.45) is 0 Å². The Morgan fingerprint density at radius 2 is 2.11 bits per heavy atom. The predicted molar refractivity (Wildman–Crippen MR) is 68.2 cm³/mol. The van der Waals surface area contributed by atoms with Crippen LogP contribution in [0, 0.1) is 0 Å². The van der Waals surface area contributed by atoms with Gasteiger partial charge in [0, 0.05) is 0 Å². The average Bonchev–Trinajstić information content (AvgIpc) is 2.32. The fraction of sp³-hybridized carbons (Fsp3) is 0.462. The first kappa shape index (κ1) is 14.3. The lowest BCUT2D eigenvalue weighted by atomic mass is 10.0. The first-order valence-electron chi connectivity index (χ1n) is 5.80. The third kappa shape index (κ3) is 3.13. The van der Waals surface area contributed by atoms with Crippen LogP contribution >= 0.6 is 0 Å². The van der Waals surface area contributed by atoms with Crippen LogP contribution in [-0.4, -0.2) is 29.4 Å². The average molecular weight is 253 g/mol. The minimum Gasteiger partial charge on any atom is -0.485 e. The fourth-order valence-corrected chi connectivity index (χ4v) is 1.34. The first-order valence-corrected chi connectivity index (χ1v) is 5.80. The number of carbonyl (C=O) groups excluding carboxylic acids is 1. The molecule has 5 nitrogen and oxygen atoms in total. The molecular formula is C13H19NO4. The normalized spacial score (nSPS) is 15.6. The highest BCUT2D eigenvalue weighted by Gasteiger charge is 2.40. The third-order valence-corrected chi connectivity index (χ3v) is 2.70. The Balaban J connectivity index is 2.79. The summed E-state index contributed by atoms with van der Waals surface area (Å²) >= 11 is 0. The van der Waals surface area contributed by atoms with E-state index in [1.54, 1.807) is 38.1 Å². The molecule has 100 valence electrons. The van der Waals surface area contributed by atoms with Gasteiger partial charge in [-0.15, -0.1) is 0 Å². The van der Waals surface area contributed by atoms with E-state index in [0.29, 0.717) is 11.4 Å². The maximum absolute atomic E-state index is 11.6. The Morgan fingerprint density at radius 1 is 1.50 bits per heavy atom. The predicted octanol–water partition coefficient (Wildman–Crippen LogP) is 1.35. The summed E-state index contributed by atoms with van der Waals surface area (Å²) in [5, 5.41) is 10.1. The van der Waals surface area contributed by atoms with E-state index in [-0.39, 0.29) is 6.61 Å². The van der Waals surface area contributed by atoms with Gasteiger partial charge in [0.25, 0.3) is 0 Å². The minimum atomic E-state index is -1.72. The molecule has 0 spiro atoms. The van der Waals surface area contributed by atoms with E-state index in [0.717, 1.165) is 0 Å². The molecule has 0 aliphatic heterocycles. The quantitative estimate of drug-likeness (QED) is 0.611. The lowest BCUT2D eigenvalue weighted by Gasteiger charge is -2.28. The number of hydrogen-bond donors (Lipinski definition) is 2. The van der Waals surface area contributed by atoms with Gasteiger partial charge in [0.05, 0.1) is 12.3 Å². The molecule has 18 heavy (non-hydrogen) atoms. The molecule has 0 heterocycles. The van der Waals surface area contributed by atoms with Crippen LogP contribution in [0.3, 0.4) is 0 Å². The molecule has 0 amide bonds. The zero-order chi connectivity index (χ0) is 13.8. The largest absolute Gasteiger partial charge is 0.485 e. The van der Waals surface area contributed by atoms with Crippen LogP contribution in [0.2, 0.25) is 0 Å². The summed E-state index contributed by atoms with van der Waals surface area (Å²) in [4.78, 5) is 11.6. The Bertz CT molecular complexity index is 417. The zero-order valence-electron chi connectivity index (χ0n) is 10.8. The molecule has 0 radical (unpaired) electrons. The molecule has 0 saturated heterocycles. The van der Waals surface area contributed by atoms with Gasteiger partial charge in [-0.1, -0.05) is 12.1 Å². The van der Waals surface area contributed by atoms with E-state index in [2.05, 4.69) is 0 Å². The van der Waals surface area contributed by atoms with Crippen LogP contribution in [0.4, 0.5) is 5.69 Å². The summed E-state index contributed by atoms with van der Waals surface area (Å²) in [6, 6.07) is 6.89. The van der Waals surface area contributed by atoms with Gasteiger partial charge in [-0.25, -0.2) is 4.79 Å². The van der Waals surface area contributed by atoms with E-state index in [1.807, 2.05) is 0 Å². The Morgan fingerprint density at radius 3 is 2.67 bits per heavy atom. The number of nitrogens with two attached hydrogens (primary N) is 1. The van der Waals surface area contributed by atoms with Crippen molar-refractivity contribution in [3.8, 4) is 5.75 Å². The molecule has 2 unspecified atom stereocenters. The second-order valence-corrected chi connectivity index (χ2v) is 4.17. The molecule has 0 bridgehead atoms. The van der Waals surface area contributed by atoms with Crippen LogP contribution in [0.15, 0.2) is 24.3 Å². The molecule has 0 saturated carbocycles. The Hall–Kier alpha value is -1.75. The third-order valence-electron chi connectivity index (χ3n) is 2.70. The van der Waals surface area contributed by atoms with Gasteiger partial charge in [0.15, 0.2) is 5.60 Å².